The molecule has 1 aromatic carbocycles. The van der Waals surface area contributed by atoms with Gasteiger partial charge in [0.15, 0.2) is 11.5 Å². The van der Waals surface area contributed by atoms with Gasteiger partial charge in [-0.1, -0.05) is 0 Å². The summed E-state index contributed by atoms with van der Waals surface area (Å²) in [5.74, 6) is 1.74. The number of furan rings is 1. The van der Waals surface area contributed by atoms with E-state index in [2.05, 4.69) is 0 Å². The van der Waals surface area contributed by atoms with Gasteiger partial charge in [0.2, 0.25) is 10.0 Å². The van der Waals surface area contributed by atoms with Gasteiger partial charge in [-0.15, -0.1) is 0 Å². The molecule has 0 spiro atoms. The highest BCUT2D eigenvalue weighted by atomic mass is 32.2. The molecule has 1 atom stereocenters. The van der Waals surface area contributed by atoms with Crippen LogP contribution < -0.4 is 9.47 Å². The zero-order valence-electron chi connectivity index (χ0n) is 12.5. The maximum absolute atomic E-state index is 13.0. The predicted molar refractivity (Wildman–Crippen MR) is 82.0 cm³/mol. The summed E-state index contributed by atoms with van der Waals surface area (Å²) in [5.41, 5.74) is 0. The smallest absolute Gasteiger partial charge is 0.243 e. The highest BCUT2D eigenvalue weighted by Gasteiger charge is 2.38. The van der Waals surface area contributed by atoms with E-state index < -0.39 is 10.0 Å². The summed E-state index contributed by atoms with van der Waals surface area (Å²) in [5, 5.41) is 0. The Morgan fingerprint density at radius 3 is 2.70 bits per heavy atom. The Kier molecular flexibility index (Phi) is 3.54. The van der Waals surface area contributed by atoms with Gasteiger partial charge in [-0.2, -0.15) is 4.31 Å². The molecule has 0 radical (unpaired) electrons. The average molecular weight is 335 g/mol. The van der Waals surface area contributed by atoms with Gasteiger partial charge in [-0.05, 0) is 37.1 Å². The molecular formula is C16H17NO5S. The third-order valence-electron chi connectivity index (χ3n) is 4.20. The quantitative estimate of drug-likeness (QED) is 0.862. The number of hydrogen-bond acceptors (Lipinski definition) is 5. The summed E-state index contributed by atoms with van der Waals surface area (Å²) >= 11 is 0. The van der Waals surface area contributed by atoms with Crippen LogP contribution in [0.25, 0.3) is 0 Å². The number of sulfonamides is 1. The second kappa shape index (κ2) is 5.58. The molecule has 0 bridgehead atoms. The Balaban J connectivity index is 1.69. The van der Waals surface area contributed by atoms with Crippen molar-refractivity contribution in [1.29, 1.82) is 0 Å². The van der Waals surface area contributed by atoms with Crippen molar-refractivity contribution < 1.29 is 22.3 Å². The lowest BCUT2D eigenvalue weighted by atomic mass is 10.2. The highest BCUT2D eigenvalue weighted by Crippen LogP contribution is 2.39. The Morgan fingerprint density at radius 2 is 1.91 bits per heavy atom. The standard InChI is InChI=1S/C16H17NO5S/c18-23(19,12-5-6-15-16(11-12)22-10-9-21-15)17-7-1-3-13(17)14-4-2-8-20-14/h2,4-6,8,11,13H,1,3,7,9-10H2. The molecule has 1 unspecified atom stereocenters. The fraction of sp³-hybridized carbons (Fsp3) is 0.375. The fourth-order valence-corrected chi connectivity index (χ4v) is 4.79. The van der Waals surface area contributed by atoms with E-state index in [0.717, 1.165) is 12.8 Å². The van der Waals surface area contributed by atoms with E-state index in [-0.39, 0.29) is 10.9 Å². The van der Waals surface area contributed by atoms with Gasteiger partial charge in [0.05, 0.1) is 17.2 Å². The first-order valence-corrected chi connectivity index (χ1v) is 9.05. The van der Waals surface area contributed by atoms with Gasteiger partial charge in [0.1, 0.15) is 19.0 Å². The molecular weight excluding hydrogens is 318 g/mol. The Hall–Kier alpha value is -1.99. The van der Waals surface area contributed by atoms with Crippen molar-refractivity contribution >= 4 is 10.0 Å². The van der Waals surface area contributed by atoms with Crippen LogP contribution in [0.15, 0.2) is 45.9 Å². The molecule has 2 aliphatic heterocycles. The molecule has 23 heavy (non-hydrogen) atoms. The topological polar surface area (TPSA) is 69.0 Å². The molecule has 0 N–H and O–H groups in total. The average Bonchev–Trinajstić information content (AvgIpc) is 3.25. The lowest BCUT2D eigenvalue weighted by Crippen LogP contribution is -2.30. The monoisotopic (exact) mass is 335 g/mol. The molecule has 1 fully saturated rings. The van der Waals surface area contributed by atoms with Gasteiger partial charge in [-0.25, -0.2) is 8.42 Å². The third kappa shape index (κ3) is 2.49. The molecule has 0 aliphatic carbocycles. The number of rotatable bonds is 3. The molecule has 3 heterocycles. The van der Waals surface area contributed by atoms with Crippen LogP contribution in [0.1, 0.15) is 24.6 Å². The minimum Gasteiger partial charge on any atom is -0.486 e. The van der Waals surface area contributed by atoms with E-state index >= 15 is 0 Å². The van der Waals surface area contributed by atoms with Crippen LogP contribution in [0.5, 0.6) is 11.5 Å². The van der Waals surface area contributed by atoms with Crippen molar-refractivity contribution in [1.82, 2.24) is 4.31 Å². The molecule has 0 saturated carbocycles. The summed E-state index contributed by atoms with van der Waals surface area (Å²) in [7, 11) is -3.61. The summed E-state index contributed by atoms with van der Waals surface area (Å²) in [6.07, 6.45) is 3.15. The minimum atomic E-state index is -3.61. The van der Waals surface area contributed by atoms with Crippen molar-refractivity contribution in [3.63, 3.8) is 0 Å². The van der Waals surface area contributed by atoms with E-state index in [1.54, 1.807) is 30.5 Å². The first-order valence-electron chi connectivity index (χ1n) is 7.61. The van der Waals surface area contributed by atoms with Crippen LogP contribution >= 0.6 is 0 Å². The van der Waals surface area contributed by atoms with Crippen molar-refractivity contribution in [3.05, 3.63) is 42.4 Å². The van der Waals surface area contributed by atoms with Gasteiger partial charge >= 0.3 is 0 Å². The fourth-order valence-electron chi connectivity index (χ4n) is 3.11. The van der Waals surface area contributed by atoms with Crippen LogP contribution in [-0.4, -0.2) is 32.5 Å². The number of nitrogens with zero attached hydrogens (tertiary/aromatic N) is 1. The van der Waals surface area contributed by atoms with Gasteiger partial charge in [0, 0.05) is 12.6 Å². The van der Waals surface area contributed by atoms with Crippen molar-refractivity contribution in [2.24, 2.45) is 0 Å². The Morgan fingerprint density at radius 1 is 1.09 bits per heavy atom. The normalized spacial score (nSPS) is 21.5. The van der Waals surface area contributed by atoms with Crippen molar-refractivity contribution in [3.8, 4) is 11.5 Å². The summed E-state index contributed by atoms with van der Waals surface area (Å²) < 4.78 is 43.9. The third-order valence-corrected chi connectivity index (χ3v) is 6.10. The molecule has 2 aliphatic rings. The summed E-state index contributed by atoms with van der Waals surface area (Å²) in [6.45, 7) is 1.39. The number of hydrogen-bond donors (Lipinski definition) is 0. The van der Waals surface area contributed by atoms with E-state index in [9.17, 15) is 8.42 Å². The minimum absolute atomic E-state index is 0.222. The van der Waals surface area contributed by atoms with Crippen LogP contribution in [0.2, 0.25) is 0 Å². The zero-order chi connectivity index (χ0) is 15.9. The lowest BCUT2D eigenvalue weighted by molar-refractivity contribution is 0.171. The Bertz CT molecular complexity index is 800. The largest absolute Gasteiger partial charge is 0.486 e. The second-order valence-corrected chi connectivity index (χ2v) is 7.49. The SMILES string of the molecule is O=S(=O)(c1ccc2c(c1)OCCO2)N1CCCC1c1ccco1. The maximum atomic E-state index is 13.0. The van der Waals surface area contributed by atoms with E-state index in [1.165, 1.54) is 4.31 Å². The number of ether oxygens (including phenoxy) is 2. The maximum Gasteiger partial charge on any atom is 0.243 e. The molecule has 4 rings (SSSR count). The van der Waals surface area contributed by atoms with Crippen molar-refractivity contribution in [2.45, 2.75) is 23.8 Å². The molecule has 1 aromatic heterocycles. The van der Waals surface area contributed by atoms with Gasteiger partial charge < -0.3 is 13.9 Å². The second-order valence-electron chi connectivity index (χ2n) is 5.59. The van der Waals surface area contributed by atoms with E-state index in [4.69, 9.17) is 13.9 Å². The highest BCUT2D eigenvalue weighted by molar-refractivity contribution is 7.89. The van der Waals surface area contributed by atoms with Crippen LogP contribution in [0.3, 0.4) is 0 Å². The summed E-state index contributed by atoms with van der Waals surface area (Å²) in [4.78, 5) is 0.222. The number of fused-ring (bicyclic) bond motifs is 1. The van der Waals surface area contributed by atoms with Gasteiger partial charge in [-0.3, -0.25) is 0 Å². The van der Waals surface area contributed by atoms with E-state index in [1.807, 2.05) is 6.07 Å². The zero-order valence-corrected chi connectivity index (χ0v) is 13.3. The Labute approximate surface area is 134 Å². The first-order chi connectivity index (χ1) is 11.2. The van der Waals surface area contributed by atoms with Crippen LogP contribution in [-0.2, 0) is 10.0 Å². The van der Waals surface area contributed by atoms with Crippen LogP contribution in [0, 0.1) is 0 Å². The molecule has 2 aromatic rings. The van der Waals surface area contributed by atoms with E-state index in [0.29, 0.717) is 37.0 Å². The number of benzene rings is 1. The first kappa shape index (κ1) is 14.6. The predicted octanol–water partition coefficient (Wildman–Crippen LogP) is 2.58. The van der Waals surface area contributed by atoms with Crippen molar-refractivity contribution in [2.75, 3.05) is 19.8 Å². The molecule has 7 heteroatoms. The molecule has 122 valence electrons. The molecule has 6 nitrogen and oxygen atoms in total. The molecule has 0 amide bonds. The lowest BCUT2D eigenvalue weighted by Gasteiger charge is -2.24. The van der Waals surface area contributed by atoms with Gasteiger partial charge in [0.25, 0.3) is 0 Å². The van der Waals surface area contributed by atoms with Crippen LogP contribution in [0.4, 0.5) is 0 Å². The summed E-state index contributed by atoms with van der Waals surface area (Å²) in [6, 6.07) is 8.12. The molecule has 1 saturated heterocycles.